The maximum absolute atomic E-state index is 12.8. The molecule has 4 rings (SSSR count). The predicted molar refractivity (Wildman–Crippen MR) is 110 cm³/mol. The molecule has 6 heteroatoms. The molecule has 0 radical (unpaired) electrons. The van der Waals surface area contributed by atoms with Crippen molar-refractivity contribution < 1.29 is 4.79 Å². The van der Waals surface area contributed by atoms with E-state index < -0.39 is 0 Å². The Labute approximate surface area is 166 Å². The van der Waals surface area contributed by atoms with Gasteiger partial charge in [0.25, 0.3) is 0 Å². The second-order valence-electron chi connectivity index (χ2n) is 8.37. The summed E-state index contributed by atoms with van der Waals surface area (Å²) < 4.78 is 0. The summed E-state index contributed by atoms with van der Waals surface area (Å²) in [7, 11) is 0. The lowest BCUT2D eigenvalue weighted by atomic mass is 9.83. The zero-order valence-corrected chi connectivity index (χ0v) is 16.8. The lowest BCUT2D eigenvalue weighted by Crippen LogP contribution is -2.51. The predicted octanol–water partition coefficient (Wildman–Crippen LogP) is 3.67. The van der Waals surface area contributed by atoms with Crippen molar-refractivity contribution in [2.24, 2.45) is 0 Å². The molecule has 2 heterocycles. The molecule has 1 amide bonds. The number of hydrogen-bond donors (Lipinski definition) is 2. The van der Waals surface area contributed by atoms with Crippen molar-refractivity contribution in [3.8, 4) is 11.5 Å². The van der Waals surface area contributed by atoms with Crippen LogP contribution >= 0.6 is 0 Å². The van der Waals surface area contributed by atoms with E-state index in [0.717, 1.165) is 54.9 Å². The van der Waals surface area contributed by atoms with Crippen LogP contribution in [-0.4, -0.2) is 32.4 Å². The zero-order chi connectivity index (χ0) is 19.6. The van der Waals surface area contributed by atoms with Crippen molar-refractivity contribution in [3.05, 3.63) is 35.7 Å². The van der Waals surface area contributed by atoms with E-state index >= 15 is 0 Å². The molecule has 2 aliphatic carbocycles. The number of pyridine rings is 1. The number of carbonyl (C=O) groups is 1. The highest BCUT2D eigenvalue weighted by Gasteiger charge is 2.30. The molecule has 6 nitrogen and oxygen atoms in total. The van der Waals surface area contributed by atoms with Crippen molar-refractivity contribution in [2.45, 2.75) is 76.8 Å². The summed E-state index contributed by atoms with van der Waals surface area (Å²) in [6.45, 7) is 4.07. The zero-order valence-electron chi connectivity index (χ0n) is 16.8. The fraction of sp³-hybridized carbons (Fsp3) is 0.545. The number of nitrogens with zero attached hydrogens (tertiary/aromatic N) is 3. The number of fused-ring (bicyclic) bond motifs is 1. The number of hydrogen-bond acceptors (Lipinski definition) is 5. The van der Waals surface area contributed by atoms with Crippen LogP contribution < -0.4 is 10.6 Å². The molecule has 0 aromatic carbocycles. The Balaban J connectivity index is 1.53. The summed E-state index contributed by atoms with van der Waals surface area (Å²) in [5, 5.41) is 6.64. The van der Waals surface area contributed by atoms with Gasteiger partial charge in [0.2, 0.25) is 5.91 Å². The summed E-state index contributed by atoms with van der Waals surface area (Å²) in [6.07, 6.45) is 10.5. The summed E-state index contributed by atoms with van der Waals surface area (Å²) in [4.78, 5) is 26.7. The van der Waals surface area contributed by atoms with Crippen LogP contribution in [-0.2, 0) is 17.6 Å². The molecular weight excluding hydrogens is 350 g/mol. The van der Waals surface area contributed by atoms with Crippen LogP contribution in [0.3, 0.4) is 0 Å². The van der Waals surface area contributed by atoms with E-state index in [0.29, 0.717) is 5.82 Å². The van der Waals surface area contributed by atoms with E-state index in [1.807, 2.05) is 25.1 Å². The fourth-order valence-electron chi connectivity index (χ4n) is 4.29. The van der Waals surface area contributed by atoms with Crippen molar-refractivity contribution in [1.29, 1.82) is 0 Å². The molecule has 1 fully saturated rings. The molecule has 2 N–H and O–H groups in total. The molecular formula is C22H29N5O. The monoisotopic (exact) mass is 379 g/mol. The van der Waals surface area contributed by atoms with Crippen LogP contribution in [0.25, 0.3) is 11.5 Å². The summed E-state index contributed by atoms with van der Waals surface area (Å²) >= 11 is 0. The number of anilines is 1. The molecule has 1 unspecified atom stereocenters. The van der Waals surface area contributed by atoms with E-state index in [2.05, 4.69) is 22.5 Å². The van der Waals surface area contributed by atoms with Crippen molar-refractivity contribution in [2.75, 3.05) is 5.32 Å². The van der Waals surface area contributed by atoms with Crippen molar-refractivity contribution in [3.63, 3.8) is 0 Å². The van der Waals surface area contributed by atoms with Crippen LogP contribution in [0.5, 0.6) is 0 Å². The number of aryl methyl sites for hydroxylation is 1. The highest BCUT2D eigenvalue weighted by molar-refractivity contribution is 5.85. The topological polar surface area (TPSA) is 79.8 Å². The first-order chi connectivity index (χ1) is 13.5. The van der Waals surface area contributed by atoms with Gasteiger partial charge >= 0.3 is 0 Å². The number of carbonyl (C=O) groups excluding carboxylic acids is 1. The first-order valence-corrected chi connectivity index (χ1v) is 10.4. The second kappa shape index (κ2) is 7.86. The van der Waals surface area contributed by atoms with E-state index in [-0.39, 0.29) is 17.5 Å². The van der Waals surface area contributed by atoms with Crippen LogP contribution in [0.2, 0.25) is 0 Å². The number of nitrogens with one attached hydrogen (secondary N) is 2. The third-order valence-corrected chi connectivity index (χ3v) is 5.96. The Morgan fingerprint density at radius 3 is 2.68 bits per heavy atom. The van der Waals surface area contributed by atoms with Crippen molar-refractivity contribution >= 4 is 11.7 Å². The Kier molecular flexibility index (Phi) is 5.29. The number of aromatic nitrogens is 3. The Morgan fingerprint density at radius 1 is 1.11 bits per heavy atom. The van der Waals surface area contributed by atoms with E-state index in [4.69, 9.17) is 9.97 Å². The molecule has 0 saturated heterocycles. The quantitative estimate of drug-likeness (QED) is 0.829. The van der Waals surface area contributed by atoms with E-state index in [1.165, 1.54) is 19.3 Å². The summed E-state index contributed by atoms with van der Waals surface area (Å²) in [6, 6.07) is 5.39. The van der Waals surface area contributed by atoms with Gasteiger partial charge in [0, 0.05) is 23.0 Å². The minimum absolute atomic E-state index is 0.0362. The third-order valence-electron chi connectivity index (χ3n) is 5.96. The molecule has 2 aromatic heterocycles. The van der Waals surface area contributed by atoms with E-state index in [9.17, 15) is 4.79 Å². The molecule has 2 aliphatic rings. The van der Waals surface area contributed by atoms with Gasteiger partial charge in [-0.05, 0) is 58.1 Å². The molecule has 1 saturated carbocycles. The lowest BCUT2D eigenvalue weighted by Gasteiger charge is -2.35. The van der Waals surface area contributed by atoms with E-state index in [1.54, 1.807) is 6.20 Å². The molecule has 148 valence electrons. The van der Waals surface area contributed by atoms with Gasteiger partial charge in [-0.3, -0.25) is 9.78 Å². The Hall–Kier alpha value is -2.50. The van der Waals surface area contributed by atoms with Crippen LogP contribution in [0, 0.1) is 0 Å². The van der Waals surface area contributed by atoms with Gasteiger partial charge in [0.05, 0.1) is 0 Å². The van der Waals surface area contributed by atoms with Crippen LogP contribution in [0.4, 0.5) is 5.82 Å². The van der Waals surface area contributed by atoms with Gasteiger partial charge in [0.15, 0.2) is 5.82 Å². The lowest BCUT2D eigenvalue weighted by molar-refractivity contribution is -0.123. The Bertz CT molecular complexity index is 846. The first kappa shape index (κ1) is 18.8. The standard InChI is InChI=1S/C22H29N5O/c1-15(21(28)27-22(2)12-5-3-6-13-22)24-19-16-9-8-11-17(16)25-20(26-19)18-10-4-7-14-23-18/h4,7,10,14-15H,3,5-6,8-9,11-13H2,1-2H3,(H,27,28)(H,24,25,26). The fourth-order valence-corrected chi connectivity index (χ4v) is 4.29. The van der Waals surface area contributed by atoms with Crippen LogP contribution in [0.15, 0.2) is 24.4 Å². The van der Waals surface area contributed by atoms with Gasteiger partial charge in [-0.2, -0.15) is 0 Å². The average molecular weight is 380 g/mol. The molecule has 2 aromatic rings. The maximum Gasteiger partial charge on any atom is 0.242 e. The maximum atomic E-state index is 12.8. The average Bonchev–Trinajstić information content (AvgIpc) is 3.18. The molecule has 1 atom stereocenters. The normalized spacial score (nSPS) is 18.9. The third kappa shape index (κ3) is 4.01. The van der Waals surface area contributed by atoms with Crippen molar-refractivity contribution in [1.82, 2.24) is 20.3 Å². The summed E-state index contributed by atoms with van der Waals surface area (Å²) in [5.41, 5.74) is 2.89. The van der Waals surface area contributed by atoms with Gasteiger partial charge in [-0.1, -0.05) is 25.3 Å². The smallest absolute Gasteiger partial charge is 0.242 e. The highest BCUT2D eigenvalue weighted by Crippen LogP contribution is 2.30. The highest BCUT2D eigenvalue weighted by atomic mass is 16.2. The molecule has 0 aliphatic heterocycles. The molecule has 28 heavy (non-hydrogen) atoms. The molecule has 0 spiro atoms. The summed E-state index contributed by atoms with van der Waals surface area (Å²) in [5.74, 6) is 1.43. The number of amides is 1. The minimum atomic E-state index is -0.352. The Morgan fingerprint density at radius 2 is 1.93 bits per heavy atom. The number of rotatable bonds is 5. The second-order valence-corrected chi connectivity index (χ2v) is 8.37. The first-order valence-electron chi connectivity index (χ1n) is 10.4. The van der Waals surface area contributed by atoms with Gasteiger partial charge < -0.3 is 10.6 Å². The largest absolute Gasteiger partial charge is 0.358 e. The SMILES string of the molecule is CC(Nc1nc(-c2ccccn2)nc2c1CCC2)C(=O)NC1(C)CCCCC1. The minimum Gasteiger partial charge on any atom is -0.358 e. The molecule has 0 bridgehead atoms. The van der Waals surface area contributed by atoms with Gasteiger partial charge in [-0.15, -0.1) is 0 Å². The van der Waals surface area contributed by atoms with Crippen LogP contribution in [0.1, 0.15) is 63.6 Å². The van der Waals surface area contributed by atoms with Gasteiger partial charge in [0.1, 0.15) is 17.6 Å². The van der Waals surface area contributed by atoms with Gasteiger partial charge in [-0.25, -0.2) is 9.97 Å².